The van der Waals surface area contributed by atoms with Crippen molar-refractivity contribution in [3.63, 3.8) is 0 Å². The molecule has 0 atom stereocenters. The number of ether oxygens (including phenoxy) is 1. The van der Waals surface area contributed by atoms with Crippen LogP contribution in [0.3, 0.4) is 0 Å². The van der Waals surface area contributed by atoms with Gasteiger partial charge in [-0.15, -0.1) is 0 Å². The minimum Gasteiger partial charge on any atom is -0.497 e. The predicted molar refractivity (Wildman–Crippen MR) is 131 cm³/mol. The van der Waals surface area contributed by atoms with E-state index in [0.29, 0.717) is 0 Å². The van der Waals surface area contributed by atoms with E-state index in [9.17, 15) is 0 Å². The number of methoxy groups -OCH3 is 1. The van der Waals surface area contributed by atoms with E-state index in [1.165, 1.54) is 44.3 Å². The van der Waals surface area contributed by atoms with E-state index < -0.39 is 0 Å². The summed E-state index contributed by atoms with van der Waals surface area (Å²) in [4.78, 5) is 2.25. The number of aromatic nitrogens is 1. The molecule has 1 aromatic heterocycles. The smallest absolute Gasteiger partial charge is 0.119 e. The molecule has 31 heavy (non-hydrogen) atoms. The van der Waals surface area contributed by atoms with Gasteiger partial charge in [-0.3, -0.25) is 0 Å². The topological polar surface area (TPSA) is 17.4 Å². The average molecular weight is 407 g/mol. The number of benzene rings is 4. The Morgan fingerprint density at radius 1 is 0.677 bits per heavy atom. The van der Waals surface area contributed by atoms with E-state index in [-0.39, 0.29) is 0 Å². The minimum atomic E-state index is 0.863. The first-order valence-corrected chi connectivity index (χ1v) is 10.5. The molecule has 0 amide bonds. The Balaban J connectivity index is 1.73. The van der Waals surface area contributed by atoms with Crippen LogP contribution in [-0.4, -0.2) is 18.7 Å². The van der Waals surface area contributed by atoms with Gasteiger partial charge in [-0.1, -0.05) is 23.8 Å². The largest absolute Gasteiger partial charge is 0.497 e. The standard InChI is InChI=1S/C28H26N2O/c1-19-6-5-7-22(16-19)29(3)23-11-15-28-26(18-23)25-17-20(2)8-14-27(25)30(28)21-9-12-24(31-4)13-10-21/h5-18H,1-4H3. The lowest BCUT2D eigenvalue weighted by molar-refractivity contribution is 0.415. The third-order valence-corrected chi connectivity index (χ3v) is 6.01. The van der Waals surface area contributed by atoms with Crippen molar-refractivity contribution in [2.75, 3.05) is 19.1 Å². The van der Waals surface area contributed by atoms with Crippen LogP contribution in [0.25, 0.3) is 27.5 Å². The van der Waals surface area contributed by atoms with Crippen molar-refractivity contribution in [3.8, 4) is 11.4 Å². The van der Waals surface area contributed by atoms with Crippen LogP contribution in [0.15, 0.2) is 84.9 Å². The van der Waals surface area contributed by atoms with Gasteiger partial charge in [-0.2, -0.15) is 0 Å². The number of rotatable bonds is 4. The second-order valence-corrected chi connectivity index (χ2v) is 8.15. The van der Waals surface area contributed by atoms with Crippen LogP contribution in [0, 0.1) is 13.8 Å². The van der Waals surface area contributed by atoms with E-state index in [1.54, 1.807) is 7.11 Å². The van der Waals surface area contributed by atoms with Crippen molar-refractivity contribution >= 4 is 33.2 Å². The molecule has 3 nitrogen and oxygen atoms in total. The highest BCUT2D eigenvalue weighted by Gasteiger charge is 2.14. The van der Waals surface area contributed by atoms with Gasteiger partial charge < -0.3 is 14.2 Å². The highest BCUT2D eigenvalue weighted by atomic mass is 16.5. The maximum atomic E-state index is 5.35. The van der Waals surface area contributed by atoms with E-state index in [1.807, 2.05) is 12.1 Å². The van der Waals surface area contributed by atoms with Gasteiger partial charge in [-0.05, 0) is 86.1 Å². The van der Waals surface area contributed by atoms with Gasteiger partial charge in [0.05, 0.1) is 18.1 Å². The second-order valence-electron chi connectivity index (χ2n) is 8.15. The Morgan fingerprint density at radius 3 is 2.03 bits per heavy atom. The molecule has 0 unspecified atom stereocenters. The van der Waals surface area contributed by atoms with E-state index in [4.69, 9.17) is 4.74 Å². The first-order chi connectivity index (χ1) is 15.0. The van der Waals surface area contributed by atoms with Crippen molar-refractivity contribution in [2.45, 2.75) is 13.8 Å². The predicted octanol–water partition coefficient (Wildman–Crippen LogP) is 7.18. The molecule has 0 N–H and O–H groups in total. The molecule has 0 spiro atoms. The molecule has 0 bridgehead atoms. The molecule has 4 aromatic carbocycles. The van der Waals surface area contributed by atoms with E-state index in [2.05, 4.69) is 103 Å². The molecule has 154 valence electrons. The molecular formula is C28H26N2O. The lowest BCUT2D eigenvalue weighted by Crippen LogP contribution is -2.09. The van der Waals surface area contributed by atoms with Crippen LogP contribution in [-0.2, 0) is 0 Å². The maximum Gasteiger partial charge on any atom is 0.119 e. The van der Waals surface area contributed by atoms with Gasteiger partial charge in [0.25, 0.3) is 0 Å². The van der Waals surface area contributed by atoms with Crippen LogP contribution in [0.2, 0.25) is 0 Å². The molecule has 0 radical (unpaired) electrons. The van der Waals surface area contributed by atoms with Crippen molar-refractivity contribution in [3.05, 3.63) is 96.1 Å². The zero-order valence-corrected chi connectivity index (χ0v) is 18.4. The summed E-state index contributed by atoms with van der Waals surface area (Å²) in [5.74, 6) is 0.863. The summed E-state index contributed by atoms with van der Waals surface area (Å²) in [7, 11) is 3.83. The number of hydrogen-bond donors (Lipinski definition) is 0. The van der Waals surface area contributed by atoms with Gasteiger partial charge in [0, 0.05) is 34.9 Å². The summed E-state index contributed by atoms with van der Waals surface area (Å²) < 4.78 is 7.69. The Kier molecular flexibility index (Phi) is 4.67. The molecule has 5 rings (SSSR count). The van der Waals surface area contributed by atoms with Crippen molar-refractivity contribution in [1.29, 1.82) is 0 Å². The third-order valence-electron chi connectivity index (χ3n) is 6.01. The molecule has 5 aromatic rings. The zero-order chi connectivity index (χ0) is 21.5. The van der Waals surface area contributed by atoms with Crippen molar-refractivity contribution < 1.29 is 4.74 Å². The maximum absolute atomic E-state index is 5.35. The summed E-state index contributed by atoms with van der Waals surface area (Å²) in [5, 5.41) is 2.52. The highest BCUT2D eigenvalue weighted by Crippen LogP contribution is 2.36. The molecule has 0 aliphatic rings. The Labute approximate surface area is 183 Å². The molecule has 0 saturated carbocycles. The first kappa shape index (κ1) is 19.3. The fourth-order valence-electron chi connectivity index (χ4n) is 4.33. The molecule has 0 saturated heterocycles. The number of hydrogen-bond acceptors (Lipinski definition) is 2. The summed E-state index contributed by atoms with van der Waals surface area (Å²) in [5.41, 5.74) is 8.43. The summed E-state index contributed by atoms with van der Waals surface area (Å²) >= 11 is 0. The number of anilines is 2. The van der Waals surface area contributed by atoms with E-state index >= 15 is 0 Å². The second kappa shape index (κ2) is 7.51. The monoisotopic (exact) mass is 406 g/mol. The Bertz CT molecular complexity index is 1400. The average Bonchev–Trinajstić information content (AvgIpc) is 3.11. The van der Waals surface area contributed by atoms with Gasteiger partial charge in [0.2, 0.25) is 0 Å². The van der Waals surface area contributed by atoms with Crippen LogP contribution in [0.4, 0.5) is 11.4 Å². The zero-order valence-electron chi connectivity index (χ0n) is 18.4. The minimum absolute atomic E-state index is 0.863. The Morgan fingerprint density at radius 2 is 1.32 bits per heavy atom. The van der Waals surface area contributed by atoms with Crippen LogP contribution in [0.5, 0.6) is 5.75 Å². The lowest BCUT2D eigenvalue weighted by Gasteiger charge is -2.20. The molecule has 0 aliphatic carbocycles. The first-order valence-electron chi connectivity index (χ1n) is 10.5. The fraction of sp³-hybridized carbons (Fsp3) is 0.143. The van der Waals surface area contributed by atoms with Crippen molar-refractivity contribution in [2.24, 2.45) is 0 Å². The quantitative estimate of drug-likeness (QED) is 0.314. The fourth-order valence-corrected chi connectivity index (χ4v) is 4.33. The van der Waals surface area contributed by atoms with E-state index in [0.717, 1.165) is 11.4 Å². The molecule has 0 aliphatic heterocycles. The van der Waals surface area contributed by atoms with Crippen LogP contribution in [0.1, 0.15) is 11.1 Å². The van der Waals surface area contributed by atoms with Gasteiger partial charge in [0.15, 0.2) is 0 Å². The number of nitrogens with zero attached hydrogens (tertiary/aromatic N) is 2. The number of aryl methyl sites for hydroxylation is 2. The summed E-state index contributed by atoms with van der Waals surface area (Å²) in [6.07, 6.45) is 0. The molecular weight excluding hydrogens is 380 g/mol. The molecule has 0 fully saturated rings. The van der Waals surface area contributed by atoms with Crippen LogP contribution < -0.4 is 9.64 Å². The van der Waals surface area contributed by atoms with Gasteiger partial charge >= 0.3 is 0 Å². The summed E-state index contributed by atoms with van der Waals surface area (Å²) in [6, 6.07) is 30.3. The Hall–Kier alpha value is -3.72. The molecule has 1 heterocycles. The normalized spacial score (nSPS) is 11.2. The summed E-state index contributed by atoms with van der Waals surface area (Å²) in [6.45, 7) is 4.28. The van der Waals surface area contributed by atoms with Gasteiger partial charge in [-0.25, -0.2) is 0 Å². The highest BCUT2D eigenvalue weighted by molar-refractivity contribution is 6.10. The third kappa shape index (κ3) is 3.32. The van der Waals surface area contributed by atoms with Crippen LogP contribution >= 0.6 is 0 Å². The number of fused-ring (bicyclic) bond motifs is 3. The molecule has 3 heteroatoms. The lowest BCUT2D eigenvalue weighted by atomic mass is 10.1. The SMILES string of the molecule is COc1ccc(-n2c3ccc(C)cc3c3cc(N(C)c4cccc(C)c4)ccc32)cc1. The van der Waals surface area contributed by atoms with Crippen molar-refractivity contribution in [1.82, 2.24) is 4.57 Å². The van der Waals surface area contributed by atoms with Gasteiger partial charge in [0.1, 0.15) is 5.75 Å².